The predicted octanol–water partition coefficient (Wildman–Crippen LogP) is 2.49. The molecule has 3 N–H and O–H groups in total. The van der Waals surface area contributed by atoms with Crippen molar-refractivity contribution in [2.24, 2.45) is 11.7 Å². The number of hydrogen-bond acceptors (Lipinski definition) is 3. The summed E-state index contributed by atoms with van der Waals surface area (Å²) in [6, 6.07) is 7.62. The first-order valence-corrected chi connectivity index (χ1v) is 6.33. The van der Waals surface area contributed by atoms with E-state index >= 15 is 0 Å². The van der Waals surface area contributed by atoms with Gasteiger partial charge in [0.15, 0.2) is 0 Å². The van der Waals surface area contributed by atoms with Gasteiger partial charge in [-0.1, -0.05) is 25.5 Å². The van der Waals surface area contributed by atoms with Gasteiger partial charge in [-0.15, -0.1) is 0 Å². The summed E-state index contributed by atoms with van der Waals surface area (Å²) in [6.07, 6.45) is 1.47. The van der Waals surface area contributed by atoms with E-state index in [1.165, 1.54) is 0 Å². The lowest BCUT2D eigenvalue weighted by Crippen LogP contribution is -2.21. The Morgan fingerprint density at radius 3 is 2.71 bits per heavy atom. The van der Waals surface area contributed by atoms with E-state index in [1.54, 1.807) is 0 Å². The molecule has 17 heavy (non-hydrogen) atoms. The van der Waals surface area contributed by atoms with E-state index < -0.39 is 6.10 Å². The van der Waals surface area contributed by atoms with E-state index in [9.17, 15) is 5.11 Å². The van der Waals surface area contributed by atoms with E-state index in [-0.39, 0.29) is 5.92 Å². The zero-order valence-corrected chi connectivity index (χ0v) is 10.7. The third-order valence-electron chi connectivity index (χ3n) is 2.92. The maximum absolute atomic E-state index is 10.3. The summed E-state index contributed by atoms with van der Waals surface area (Å²) >= 11 is 0. The number of rotatable bonds is 7. The van der Waals surface area contributed by atoms with E-state index in [4.69, 9.17) is 10.5 Å². The van der Waals surface area contributed by atoms with Crippen LogP contribution >= 0.6 is 0 Å². The summed E-state index contributed by atoms with van der Waals surface area (Å²) < 4.78 is 5.43. The second-order valence-corrected chi connectivity index (χ2v) is 4.23. The van der Waals surface area contributed by atoms with Crippen molar-refractivity contribution in [3.63, 3.8) is 0 Å². The molecule has 0 aliphatic carbocycles. The van der Waals surface area contributed by atoms with Crippen LogP contribution in [0.1, 0.15) is 38.4 Å². The van der Waals surface area contributed by atoms with Gasteiger partial charge in [0.05, 0.1) is 12.7 Å². The molecule has 96 valence electrons. The number of aliphatic hydroxyl groups is 1. The Labute approximate surface area is 104 Å². The molecule has 1 aromatic rings. The van der Waals surface area contributed by atoms with Crippen LogP contribution < -0.4 is 10.5 Å². The first-order chi connectivity index (χ1) is 8.22. The normalized spacial score (nSPS) is 14.4. The predicted molar refractivity (Wildman–Crippen MR) is 70.0 cm³/mol. The number of benzene rings is 1. The van der Waals surface area contributed by atoms with Gasteiger partial charge < -0.3 is 15.6 Å². The molecule has 3 nitrogen and oxygen atoms in total. The highest BCUT2D eigenvalue weighted by Crippen LogP contribution is 2.27. The SMILES string of the molecule is CCCC(CN)C(O)c1cccc(OCC)c1. The Kier molecular flexibility index (Phi) is 6.01. The Bertz CT molecular complexity index is 328. The van der Waals surface area contributed by atoms with Crippen molar-refractivity contribution in [3.8, 4) is 5.75 Å². The molecule has 3 heteroatoms. The fourth-order valence-corrected chi connectivity index (χ4v) is 2.00. The lowest BCUT2D eigenvalue weighted by Gasteiger charge is -2.21. The average molecular weight is 237 g/mol. The summed E-state index contributed by atoms with van der Waals surface area (Å²) in [6.45, 7) is 5.19. The van der Waals surface area contributed by atoms with E-state index in [0.29, 0.717) is 13.2 Å². The van der Waals surface area contributed by atoms with Crippen molar-refractivity contribution in [2.75, 3.05) is 13.2 Å². The second-order valence-electron chi connectivity index (χ2n) is 4.23. The Morgan fingerprint density at radius 1 is 1.35 bits per heavy atom. The lowest BCUT2D eigenvalue weighted by atomic mass is 9.92. The molecule has 0 aromatic heterocycles. The molecule has 0 amide bonds. The van der Waals surface area contributed by atoms with Gasteiger partial charge in [-0.25, -0.2) is 0 Å². The summed E-state index contributed by atoms with van der Waals surface area (Å²) in [5.41, 5.74) is 6.59. The fraction of sp³-hybridized carbons (Fsp3) is 0.571. The van der Waals surface area contributed by atoms with Crippen molar-refractivity contribution in [2.45, 2.75) is 32.8 Å². The standard InChI is InChI=1S/C14H23NO2/c1-3-6-12(10-15)14(16)11-7-5-8-13(9-11)17-4-2/h5,7-9,12,14,16H,3-4,6,10,15H2,1-2H3. The molecule has 0 heterocycles. The Morgan fingerprint density at radius 2 is 2.12 bits per heavy atom. The zero-order valence-electron chi connectivity index (χ0n) is 10.7. The van der Waals surface area contributed by atoms with Crippen LogP contribution in [-0.2, 0) is 0 Å². The molecule has 2 unspecified atom stereocenters. The molecule has 0 saturated heterocycles. The lowest BCUT2D eigenvalue weighted by molar-refractivity contribution is 0.106. The first-order valence-electron chi connectivity index (χ1n) is 6.33. The summed E-state index contributed by atoms with van der Waals surface area (Å²) in [5.74, 6) is 0.924. The van der Waals surface area contributed by atoms with Gasteiger partial charge in [0.1, 0.15) is 5.75 Å². The van der Waals surface area contributed by atoms with E-state index in [1.807, 2.05) is 31.2 Å². The quantitative estimate of drug-likeness (QED) is 0.766. The van der Waals surface area contributed by atoms with Gasteiger partial charge >= 0.3 is 0 Å². The highest BCUT2D eigenvalue weighted by atomic mass is 16.5. The minimum absolute atomic E-state index is 0.122. The van der Waals surface area contributed by atoms with Crippen molar-refractivity contribution in [1.29, 1.82) is 0 Å². The smallest absolute Gasteiger partial charge is 0.119 e. The number of aliphatic hydroxyl groups excluding tert-OH is 1. The van der Waals surface area contributed by atoms with Crippen LogP contribution in [0.2, 0.25) is 0 Å². The molecular formula is C14H23NO2. The van der Waals surface area contributed by atoms with Crippen LogP contribution in [0.5, 0.6) is 5.75 Å². The van der Waals surface area contributed by atoms with Gasteiger partial charge in [0.2, 0.25) is 0 Å². The fourth-order valence-electron chi connectivity index (χ4n) is 2.00. The summed E-state index contributed by atoms with van der Waals surface area (Å²) in [5, 5.41) is 10.3. The topological polar surface area (TPSA) is 55.5 Å². The highest BCUT2D eigenvalue weighted by molar-refractivity contribution is 5.30. The third-order valence-corrected chi connectivity index (χ3v) is 2.92. The molecule has 0 radical (unpaired) electrons. The maximum atomic E-state index is 10.3. The Hall–Kier alpha value is -1.06. The van der Waals surface area contributed by atoms with Gasteiger partial charge in [0, 0.05) is 5.92 Å². The van der Waals surface area contributed by atoms with Gasteiger partial charge in [-0.3, -0.25) is 0 Å². The molecule has 0 spiro atoms. The molecule has 0 aliphatic rings. The molecule has 0 bridgehead atoms. The van der Waals surface area contributed by atoms with Crippen molar-refractivity contribution in [3.05, 3.63) is 29.8 Å². The van der Waals surface area contributed by atoms with Gasteiger partial charge in [-0.05, 0) is 37.6 Å². The molecule has 0 saturated carbocycles. The van der Waals surface area contributed by atoms with E-state index in [2.05, 4.69) is 6.92 Å². The van der Waals surface area contributed by atoms with Crippen LogP contribution in [0.25, 0.3) is 0 Å². The van der Waals surface area contributed by atoms with Crippen molar-refractivity contribution in [1.82, 2.24) is 0 Å². The van der Waals surface area contributed by atoms with Crippen molar-refractivity contribution >= 4 is 0 Å². The zero-order chi connectivity index (χ0) is 12.7. The van der Waals surface area contributed by atoms with E-state index in [0.717, 1.165) is 24.2 Å². The number of nitrogens with two attached hydrogens (primary N) is 1. The monoisotopic (exact) mass is 237 g/mol. The molecule has 2 atom stereocenters. The third kappa shape index (κ3) is 4.02. The molecular weight excluding hydrogens is 214 g/mol. The van der Waals surface area contributed by atoms with Crippen LogP contribution in [0.4, 0.5) is 0 Å². The summed E-state index contributed by atoms with van der Waals surface area (Å²) in [7, 11) is 0. The second kappa shape index (κ2) is 7.30. The van der Waals surface area contributed by atoms with Crippen LogP contribution in [0.3, 0.4) is 0 Å². The van der Waals surface area contributed by atoms with Crippen LogP contribution in [0, 0.1) is 5.92 Å². The average Bonchev–Trinajstić information content (AvgIpc) is 2.36. The van der Waals surface area contributed by atoms with Gasteiger partial charge in [-0.2, -0.15) is 0 Å². The molecule has 0 aliphatic heterocycles. The van der Waals surface area contributed by atoms with Crippen LogP contribution in [-0.4, -0.2) is 18.3 Å². The summed E-state index contributed by atoms with van der Waals surface area (Å²) in [4.78, 5) is 0. The van der Waals surface area contributed by atoms with Gasteiger partial charge in [0.25, 0.3) is 0 Å². The minimum Gasteiger partial charge on any atom is -0.494 e. The largest absolute Gasteiger partial charge is 0.494 e. The maximum Gasteiger partial charge on any atom is 0.119 e. The molecule has 0 fully saturated rings. The molecule has 1 rings (SSSR count). The highest BCUT2D eigenvalue weighted by Gasteiger charge is 2.19. The number of hydrogen-bond donors (Lipinski definition) is 2. The Balaban J connectivity index is 2.79. The molecule has 1 aromatic carbocycles. The minimum atomic E-state index is -0.500. The first kappa shape index (κ1) is 14.0. The number of ether oxygens (including phenoxy) is 1. The van der Waals surface area contributed by atoms with Crippen LogP contribution in [0.15, 0.2) is 24.3 Å². The van der Waals surface area contributed by atoms with Crippen molar-refractivity contribution < 1.29 is 9.84 Å².